The van der Waals surface area contributed by atoms with Crippen molar-refractivity contribution in [1.82, 2.24) is 14.6 Å². The summed E-state index contributed by atoms with van der Waals surface area (Å²) in [7, 11) is 0. The van der Waals surface area contributed by atoms with Gasteiger partial charge in [0.15, 0.2) is 29.6 Å². The van der Waals surface area contributed by atoms with Crippen LogP contribution in [-0.2, 0) is 30.6 Å². The molecule has 0 bridgehead atoms. The molecular formula is C26H29F4N4O7PS. The molecule has 4 rings (SSSR count). The predicted molar refractivity (Wildman–Crippen MR) is 151 cm³/mol. The smallest absolute Gasteiger partial charge is 0.351 e. The van der Waals surface area contributed by atoms with Crippen LogP contribution in [0.3, 0.4) is 0 Å². The summed E-state index contributed by atoms with van der Waals surface area (Å²) >= 11 is 5.60. The number of nitrogens with zero attached hydrogens (tertiary/aromatic N) is 2. The number of aliphatic hydroxyl groups excluding tert-OH is 1. The fraction of sp³-hybridized carbons (Fsp3) is 0.423. The first-order valence-electron chi connectivity index (χ1n) is 12.9. The summed E-state index contributed by atoms with van der Waals surface area (Å²) in [5.74, 6) is -2.62. The van der Waals surface area contributed by atoms with Crippen LogP contribution in [0.1, 0.15) is 27.0 Å². The predicted octanol–water partition coefficient (Wildman–Crippen LogP) is 3.60. The van der Waals surface area contributed by atoms with Gasteiger partial charge in [0, 0.05) is 5.39 Å². The van der Waals surface area contributed by atoms with Crippen molar-refractivity contribution in [2.75, 3.05) is 12.3 Å². The number of nitrogens with one attached hydrogen (secondary N) is 1. The van der Waals surface area contributed by atoms with E-state index in [4.69, 9.17) is 36.1 Å². The summed E-state index contributed by atoms with van der Waals surface area (Å²) in [4.78, 5) is 28.0. The molecule has 1 unspecified atom stereocenters. The Balaban J connectivity index is 1.69. The highest BCUT2D eigenvalue weighted by molar-refractivity contribution is 8.09. The lowest BCUT2D eigenvalue weighted by molar-refractivity contribution is -0.182. The van der Waals surface area contributed by atoms with Gasteiger partial charge in [0.25, 0.3) is 6.43 Å². The lowest BCUT2D eigenvalue weighted by atomic mass is 9.98. The lowest BCUT2D eigenvalue weighted by Crippen LogP contribution is -2.51. The molecule has 11 nitrogen and oxygen atoms in total. The molecule has 1 aliphatic heterocycles. The van der Waals surface area contributed by atoms with Gasteiger partial charge in [-0.05, 0) is 44.0 Å². The van der Waals surface area contributed by atoms with Crippen LogP contribution in [0.4, 0.5) is 23.4 Å². The van der Waals surface area contributed by atoms with Crippen molar-refractivity contribution in [2.24, 2.45) is 0 Å². The van der Waals surface area contributed by atoms with E-state index in [1.807, 2.05) is 0 Å². The van der Waals surface area contributed by atoms with Crippen LogP contribution in [0.2, 0.25) is 0 Å². The van der Waals surface area contributed by atoms with Gasteiger partial charge in [-0.25, -0.2) is 27.4 Å². The molecule has 1 aromatic heterocycles. The van der Waals surface area contributed by atoms with E-state index in [1.54, 1.807) is 50.2 Å². The summed E-state index contributed by atoms with van der Waals surface area (Å²) < 4.78 is 81.2. The van der Waals surface area contributed by atoms with Crippen LogP contribution in [0.15, 0.2) is 53.5 Å². The Morgan fingerprint density at radius 3 is 2.60 bits per heavy atom. The number of aliphatic hydroxyl groups is 1. The first-order valence-corrected chi connectivity index (χ1v) is 15.5. The number of benzene rings is 2. The average molecular weight is 649 g/mol. The number of nitrogens with two attached hydrogens (primary N) is 1. The van der Waals surface area contributed by atoms with Crippen molar-refractivity contribution in [3.8, 4) is 5.75 Å². The summed E-state index contributed by atoms with van der Waals surface area (Å²) in [6.45, 7) is -0.742. The number of rotatable bonds is 11. The van der Waals surface area contributed by atoms with Gasteiger partial charge in [0.1, 0.15) is 17.9 Å². The third-order valence-electron chi connectivity index (χ3n) is 6.46. The van der Waals surface area contributed by atoms with Crippen LogP contribution in [-0.4, -0.2) is 63.7 Å². The summed E-state index contributed by atoms with van der Waals surface area (Å²) in [5.41, 5.74) is 0.755. The summed E-state index contributed by atoms with van der Waals surface area (Å²) in [6, 6.07) is 10.8. The van der Waals surface area contributed by atoms with Crippen LogP contribution < -0.4 is 21.0 Å². The molecule has 234 valence electrons. The SMILES string of the molecule is CC(C)OC(=O)[C@H](C)NP(=S)(OC[C@@]1(C(F)F)O[C@@H](n2cc(F)c(N)nc2=O)[C@H](O)[C@H]1F)Oc1cccc2ccccc12. The summed E-state index contributed by atoms with van der Waals surface area (Å²) in [5, 5.41) is 14.5. The number of hydrogen-bond acceptors (Lipinski definition) is 10. The second-order valence-corrected chi connectivity index (χ2v) is 13.1. The number of carbonyl (C=O) groups is 1. The van der Waals surface area contributed by atoms with Crippen molar-refractivity contribution in [2.45, 2.75) is 63.4 Å². The standard InChI is InChI=1S/C26H29F4N4O7PS/c1-13(2)39-23(36)14(3)33-42(43,41-18-10-6-8-15-7-4-5-9-16(15)18)38-12-26(24(29)30)20(28)19(35)22(40-26)34-11-17(27)21(31)32-25(34)37/h4-11,13-14,19-20,22,24,35H,12H2,1-3H3,(H,33,43)(H2,31,32,37)/t14-,19+,20+,22+,26+,42?/m0/s1. The number of aromatic nitrogens is 2. The third kappa shape index (κ3) is 6.84. The maximum atomic E-state index is 15.5. The highest BCUT2D eigenvalue weighted by Crippen LogP contribution is 2.51. The Morgan fingerprint density at radius 2 is 1.93 bits per heavy atom. The molecule has 0 amide bonds. The molecule has 3 aromatic rings. The minimum atomic E-state index is -4.03. The molecule has 0 saturated carbocycles. The van der Waals surface area contributed by atoms with Gasteiger partial charge >= 0.3 is 18.3 Å². The van der Waals surface area contributed by atoms with E-state index >= 15 is 4.39 Å². The molecule has 0 aliphatic carbocycles. The third-order valence-corrected chi connectivity index (χ3v) is 8.93. The number of hydrogen-bond donors (Lipinski definition) is 3. The average Bonchev–Trinajstić information content (AvgIpc) is 3.20. The number of esters is 1. The lowest BCUT2D eigenvalue weighted by Gasteiger charge is -2.33. The zero-order chi connectivity index (χ0) is 31.7. The molecule has 1 aliphatic rings. The Labute approximate surface area is 248 Å². The van der Waals surface area contributed by atoms with E-state index in [-0.39, 0.29) is 5.75 Å². The quantitative estimate of drug-likeness (QED) is 0.159. The number of anilines is 1. The fourth-order valence-electron chi connectivity index (χ4n) is 4.31. The Kier molecular flexibility index (Phi) is 9.79. The number of ether oxygens (including phenoxy) is 2. The van der Waals surface area contributed by atoms with Crippen LogP contribution in [0.5, 0.6) is 5.75 Å². The molecule has 1 fully saturated rings. The van der Waals surface area contributed by atoms with E-state index in [2.05, 4.69) is 10.1 Å². The van der Waals surface area contributed by atoms with Gasteiger partial charge in [-0.15, -0.1) is 0 Å². The van der Waals surface area contributed by atoms with Crippen molar-refractivity contribution >= 4 is 41.0 Å². The maximum absolute atomic E-state index is 15.5. The van der Waals surface area contributed by atoms with Crippen molar-refractivity contribution < 1.29 is 46.0 Å². The molecule has 0 radical (unpaired) electrons. The fourth-order valence-corrected chi connectivity index (χ4v) is 6.73. The highest BCUT2D eigenvalue weighted by atomic mass is 32.5. The summed E-state index contributed by atoms with van der Waals surface area (Å²) in [6.07, 6.45) is -11.1. The van der Waals surface area contributed by atoms with E-state index in [9.17, 15) is 27.9 Å². The van der Waals surface area contributed by atoms with Gasteiger partial charge < -0.3 is 29.4 Å². The maximum Gasteiger partial charge on any atom is 0.351 e. The number of fused-ring (bicyclic) bond motifs is 1. The van der Waals surface area contributed by atoms with E-state index in [0.29, 0.717) is 16.2 Å². The van der Waals surface area contributed by atoms with E-state index in [1.165, 1.54) is 13.0 Å². The zero-order valence-corrected chi connectivity index (χ0v) is 24.7. The van der Waals surface area contributed by atoms with Gasteiger partial charge in [-0.2, -0.15) is 4.98 Å². The van der Waals surface area contributed by atoms with Crippen LogP contribution in [0, 0.1) is 5.82 Å². The van der Waals surface area contributed by atoms with Gasteiger partial charge in [-0.3, -0.25) is 9.36 Å². The van der Waals surface area contributed by atoms with Gasteiger partial charge in [-0.1, -0.05) is 36.4 Å². The Bertz CT molecular complexity index is 1590. The number of alkyl halides is 3. The molecule has 6 atom stereocenters. The molecule has 1 saturated heterocycles. The largest absolute Gasteiger partial charge is 0.462 e. The first-order chi connectivity index (χ1) is 20.2. The monoisotopic (exact) mass is 648 g/mol. The van der Waals surface area contributed by atoms with Crippen molar-refractivity contribution in [3.63, 3.8) is 0 Å². The number of halogens is 4. The molecule has 2 aromatic carbocycles. The first kappa shape index (κ1) is 32.8. The van der Waals surface area contributed by atoms with E-state index < -0.39 is 79.2 Å². The number of carbonyl (C=O) groups excluding carboxylic acids is 1. The molecule has 4 N–H and O–H groups in total. The second kappa shape index (κ2) is 12.8. The normalized spacial score (nSPS) is 24.3. The Hall–Kier alpha value is -3.14. The zero-order valence-electron chi connectivity index (χ0n) is 23.0. The molecule has 17 heteroatoms. The Morgan fingerprint density at radius 1 is 1.26 bits per heavy atom. The van der Waals surface area contributed by atoms with E-state index in [0.717, 1.165) is 5.39 Å². The molecular weight excluding hydrogens is 619 g/mol. The van der Waals surface area contributed by atoms with Gasteiger partial charge in [0.2, 0.25) is 0 Å². The second-order valence-electron chi connectivity index (χ2n) is 10.00. The van der Waals surface area contributed by atoms with Crippen molar-refractivity contribution in [3.05, 3.63) is 65.0 Å². The van der Waals surface area contributed by atoms with Crippen LogP contribution >= 0.6 is 6.64 Å². The van der Waals surface area contributed by atoms with Gasteiger partial charge in [0.05, 0.1) is 18.9 Å². The van der Waals surface area contributed by atoms with Crippen LogP contribution in [0.25, 0.3) is 10.8 Å². The molecule has 0 spiro atoms. The number of nitrogen functional groups attached to an aromatic ring is 1. The van der Waals surface area contributed by atoms with Crippen molar-refractivity contribution in [1.29, 1.82) is 0 Å². The minimum absolute atomic E-state index is 0.168. The molecule has 43 heavy (non-hydrogen) atoms. The molecule has 2 heterocycles. The topological polar surface area (TPSA) is 147 Å². The highest BCUT2D eigenvalue weighted by Gasteiger charge is 2.62. The minimum Gasteiger partial charge on any atom is -0.462 e.